The van der Waals surface area contributed by atoms with Gasteiger partial charge in [-0.25, -0.2) is 4.98 Å². The van der Waals surface area contributed by atoms with Crippen LogP contribution in [0.1, 0.15) is 26.0 Å². The fraction of sp³-hybridized carbons (Fsp3) is 0.692. The number of hydrogen-bond donors (Lipinski definition) is 1. The third-order valence-electron chi connectivity index (χ3n) is 3.53. The van der Waals surface area contributed by atoms with E-state index in [2.05, 4.69) is 15.3 Å². The molecule has 2 heterocycles. The molecular weight excluding hydrogens is 274 g/mol. The Kier molecular flexibility index (Phi) is 4.89. The van der Waals surface area contributed by atoms with Crippen molar-refractivity contribution in [2.45, 2.75) is 33.2 Å². The molecule has 0 saturated carbocycles. The number of aryl methyl sites for hydroxylation is 1. The van der Waals surface area contributed by atoms with Crippen LogP contribution in [0, 0.1) is 17.0 Å². The molecule has 8 heteroatoms. The van der Waals surface area contributed by atoms with Gasteiger partial charge >= 0.3 is 5.69 Å². The number of morpholine rings is 1. The molecule has 2 rings (SSSR count). The molecule has 1 N–H and O–H groups in total. The second-order valence-corrected chi connectivity index (χ2v) is 4.92. The standard InChI is InChI=1S/C13H21N5O3/c1-4-10-8-21-7-6-17(10)12-11(18(19)20)9(3)15-13(16-12)14-5-2/h10H,4-8H2,1-3H3,(H,14,15,16). The number of nitrogens with one attached hydrogen (secondary N) is 1. The zero-order chi connectivity index (χ0) is 15.4. The molecule has 0 spiro atoms. The Balaban J connectivity index is 2.49. The third-order valence-corrected chi connectivity index (χ3v) is 3.53. The van der Waals surface area contributed by atoms with Crippen molar-refractivity contribution < 1.29 is 9.66 Å². The summed E-state index contributed by atoms with van der Waals surface area (Å²) in [6.45, 7) is 7.99. The Morgan fingerprint density at radius 3 is 2.86 bits per heavy atom. The van der Waals surface area contributed by atoms with Gasteiger partial charge in [-0.15, -0.1) is 0 Å². The van der Waals surface area contributed by atoms with E-state index in [-0.39, 0.29) is 11.7 Å². The normalized spacial score (nSPS) is 18.6. The predicted octanol–water partition coefficient (Wildman–Crippen LogP) is 1.74. The van der Waals surface area contributed by atoms with Crippen molar-refractivity contribution in [1.82, 2.24) is 9.97 Å². The second kappa shape index (κ2) is 6.66. The van der Waals surface area contributed by atoms with Crippen LogP contribution in [-0.2, 0) is 4.74 Å². The van der Waals surface area contributed by atoms with Crippen molar-refractivity contribution >= 4 is 17.5 Å². The van der Waals surface area contributed by atoms with Gasteiger partial charge in [0.15, 0.2) is 0 Å². The molecule has 0 amide bonds. The summed E-state index contributed by atoms with van der Waals surface area (Å²) in [4.78, 5) is 21.5. The predicted molar refractivity (Wildman–Crippen MR) is 79.8 cm³/mol. The van der Waals surface area contributed by atoms with E-state index in [0.717, 1.165) is 6.42 Å². The van der Waals surface area contributed by atoms with Crippen LogP contribution < -0.4 is 10.2 Å². The zero-order valence-corrected chi connectivity index (χ0v) is 12.6. The Bertz CT molecular complexity index is 523. The van der Waals surface area contributed by atoms with Gasteiger partial charge in [-0.2, -0.15) is 4.98 Å². The van der Waals surface area contributed by atoms with Crippen molar-refractivity contribution in [2.75, 3.05) is 36.5 Å². The Hall–Kier alpha value is -1.96. The van der Waals surface area contributed by atoms with Gasteiger partial charge in [-0.3, -0.25) is 10.1 Å². The average Bonchev–Trinajstić information content (AvgIpc) is 2.46. The van der Waals surface area contributed by atoms with Gasteiger partial charge in [-0.1, -0.05) is 6.92 Å². The van der Waals surface area contributed by atoms with Crippen molar-refractivity contribution in [1.29, 1.82) is 0 Å². The molecule has 8 nitrogen and oxygen atoms in total. The summed E-state index contributed by atoms with van der Waals surface area (Å²) in [6.07, 6.45) is 0.844. The summed E-state index contributed by atoms with van der Waals surface area (Å²) in [5.74, 6) is 0.815. The molecule has 0 aromatic carbocycles. The van der Waals surface area contributed by atoms with E-state index in [0.29, 0.717) is 43.8 Å². The fourth-order valence-electron chi connectivity index (χ4n) is 2.47. The Morgan fingerprint density at radius 2 is 2.24 bits per heavy atom. The molecule has 1 saturated heterocycles. The Morgan fingerprint density at radius 1 is 1.48 bits per heavy atom. The van der Waals surface area contributed by atoms with Crippen LogP contribution in [-0.4, -0.2) is 47.2 Å². The van der Waals surface area contributed by atoms with Crippen LogP contribution in [0.15, 0.2) is 0 Å². The van der Waals surface area contributed by atoms with E-state index in [1.54, 1.807) is 6.92 Å². The highest BCUT2D eigenvalue weighted by Gasteiger charge is 2.31. The number of nitrogens with zero attached hydrogens (tertiary/aromatic N) is 4. The smallest absolute Gasteiger partial charge is 0.332 e. The van der Waals surface area contributed by atoms with Crippen molar-refractivity contribution in [3.05, 3.63) is 15.8 Å². The van der Waals surface area contributed by atoms with Gasteiger partial charge in [-0.05, 0) is 20.3 Å². The summed E-state index contributed by atoms with van der Waals surface area (Å²) in [5, 5.41) is 14.4. The van der Waals surface area contributed by atoms with Gasteiger partial charge < -0.3 is 15.0 Å². The molecule has 1 aliphatic rings. The molecule has 0 aliphatic carbocycles. The van der Waals surface area contributed by atoms with E-state index < -0.39 is 4.92 Å². The minimum absolute atomic E-state index is 0.0167. The second-order valence-electron chi connectivity index (χ2n) is 4.92. The van der Waals surface area contributed by atoms with Crippen molar-refractivity contribution in [3.63, 3.8) is 0 Å². The summed E-state index contributed by atoms with van der Waals surface area (Å²) >= 11 is 0. The number of ether oxygens (including phenoxy) is 1. The van der Waals surface area contributed by atoms with Gasteiger partial charge in [0.05, 0.1) is 24.2 Å². The van der Waals surface area contributed by atoms with Crippen LogP contribution >= 0.6 is 0 Å². The van der Waals surface area contributed by atoms with E-state index >= 15 is 0 Å². The lowest BCUT2D eigenvalue weighted by atomic mass is 10.1. The quantitative estimate of drug-likeness (QED) is 0.653. The van der Waals surface area contributed by atoms with Crippen molar-refractivity contribution in [3.8, 4) is 0 Å². The lowest BCUT2D eigenvalue weighted by molar-refractivity contribution is -0.385. The van der Waals surface area contributed by atoms with Gasteiger partial charge in [0.25, 0.3) is 0 Å². The molecule has 1 unspecified atom stereocenters. The largest absolute Gasteiger partial charge is 0.377 e. The number of nitro groups is 1. The molecule has 1 aliphatic heterocycles. The van der Waals surface area contributed by atoms with Crippen LogP contribution in [0.4, 0.5) is 17.5 Å². The summed E-state index contributed by atoms with van der Waals surface area (Å²) in [7, 11) is 0. The molecule has 1 atom stereocenters. The van der Waals surface area contributed by atoms with Crippen LogP contribution in [0.5, 0.6) is 0 Å². The van der Waals surface area contributed by atoms with E-state index in [9.17, 15) is 10.1 Å². The number of anilines is 2. The van der Waals surface area contributed by atoms with Gasteiger partial charge in [0.1, 0.15) is 5.69 Å². The fourth-order valence-corrected chi connectivity index (χ4v) is 2.47. The van der Waals surface area contributed by atoms with Gasteiger partial charge in [0.2, 0.25) is 11.8 Å². The van der Waals surface area contributed by atoms with E-state index in [4.69, 9.17) is 4.74 Å². The molecule has 21 heavy (non-hydrogen) atoms. The monoisotopic (exact) mass is 295 g/mol. The molecular formula is C13H21N5O3. The van der Waals surface area contributed by atoms with Crippen LogP contribution in [0.25, 0.3) is 0 Å². The van der Waals surface area contributed by atoms with Crippen LogP contribution in [0.2, 0.25) is 0 Å². The SMILES string of the molecule is CCNc1nc(C)c([N+](=O)[O-])c(N2CCOCC2CC)n1. The highest BCUT2D eigenvalue weighted by molar-refractivity contribution is 5.63. The van der Waals surface area contributed by atoms with Crippen LogP contribution in [0.3, 0.4) is 0 Å². The third kappa shape index (κ3) is 3.21. The highest BCUT2D eigenvalue weighted by atomic mass is 16.6. The number of hydrogen-bond acceptors (Lipinski definition) is 7. The summed E-state index contributed by atoms with van der Waals surface area (Å²) in [6, 6.07) is 0.0984. The first-order valence-electron chi connectivity index (χ1n) is 7.19. The summed E-state index contributed by atoms with van der Waals surface area (Å²) < 4.78 is 5.46. The molecule has 1 aromatic rings. The lowest BCUT2D eigenvalue weighted by Crippen LogP contribution is -2.46. The van der Waals surface area contributed by atoms with Gasteiger partial charge in [0, 0.05) is 13.1 Å². The maximum absolute atomic E-state index is 11.4. The maximum atomic E-state index is 11.4. The maximum Gasteiger partial charge on any atom is 0.332 e. The highest BCUT2D eigenvalue weighted by Crippen LogP contribution is 2.32. The molecule has 116 valence electrons. The molecule has 0 radical (unpaired) electrons. The van der Waals surface area contributed by atoms with E-state index in [1.165, 1.54) is 0 Å². The topological polar surface area (TPSA) is 93.4 Å². The Labute approximate surface area is 123 Å². The minimum Gasteiger partial charge on any atom is -0.377 e. The van der Waals surface area contributed by atoms with Crippen molar-refractivity contribution in [2.24, 2.45) is 0 Å². The average molecular weight is 295 g/mol. The minimum atomic E-state index is -0.400. The summed E-state index contributed by atoms with van der Waals surface area (Å²) in [5.41, 5.74) is 0.360. The molecule has 0 bridgehead atoms. The molecule has 1 fully saturated rings. The first-order valence-corrected chi connectivity index (χ1v) is 7.19. The first-order chi connectivity index (χ1) is 10.1. The van der Waals surface area contributed by atoms with E-state index in [1.807, 2.05) is 18.7 Å². The molecule has 1 aromatic heterocycles. The number of rotatable bonds is 5. The number of aromatic nitrogens is 2. The first kappa shape index (κ1) is 15.4. The lowest BCUT2D eigenvalue weighted by Gasteiger charge is -2.35. The zero-order valence-electron chi connectivity index (χ0n) is 12.6.